The highest BCUT2D eigenvalue weighted by molar-refractivity contribution is 6.01. The van der Waals surface area contributed by atoms with Gasteiger partial charge in [0, 0.05) is 11.1 Å². The molecule has 0 aliphatic rings. The molecule has 2 heterocycles. The van der Waals surface area contributed by atoms with Crippen LogP contribution in [0.4, 0.5) is 0 Å². The summed E-state index contributed by atoms with van der Waals surface area (Å²) in [6, 6.07) is 24.6. The Hall–Kier alpha value is -4.26. The van der Waals surface area contributed by atoms with E-state index >= 15 is 0 Å². The van der Waals surface area contributed by atoms with E-state index in [4.69, 9.17) is 4.52 Å². The topological polar surface area (TPSA) is 85.8 Å². The average Bonchev–Trinajstić information content (AvgIpc) is 3.49. The van der Waals surface area contributed by atoms with Gasteiger partial charge in [0.2, 0.25) is 0 Å². The van der Waals surface area contributed by atoms with E-state index in [1.807, 2.05) is 66.7 Å². The molecule has 0 saturated carbocycles. The van der Waals surface area contributed by atoms with Gasteiger partial charge in [-0.3, -0.25) is 4.79 Å². The molecule has 0 aliphatic carbocycles. The number of rotatable bonds is 6. The van der Waals surface area contributed by atoms with Crippen molar-refractivity contribution < 1.29 is 9.32 Å². The van der Waals surface area contributed by atoms with Crippen LogP contribution >= 0.6 is 0 Å². The van der Waals surface area contributed by atoms with Crippen molar-refractivity contribution in [1.29, 1.82) is 0 Å². The Morgan fingerprint density at radius 3 is 2.39 bits per heavy atom. The molecule has 0 radical (unpaired) electrons. The lowest BCUT2D eigenvalue weighted by Gasteiger charge is -2.19. The van der Waals surface area contributed by atoms with Gasteiger partial charge in [0.1, 0.15) is 5.52 Å². The first-order valence-corrected chi connectivity index (χ1v) is 9.93. The van der Waals surface area contributed by atoms with Gasteiger partial charge in [-0.2, -0.15) is 15.0 Å². The van der Waals surface area contributed by atoms with Crippen LogP contribution in [0.1, 0.15) is 22.0 Å². The van der Waals surface area contributed by atoms with Gasteiger partial charge in [0.15, 0.2) is 5.76 Å². The normalized spacial score (nSPS) is 12.0. The molecule has 3 aromatic carbocycles. The van der Waals surface area contributed by atoms with E-state index in [0.717, 1.165) is 16.5 Å². The van der Waals surface area contributed by atoms with Crippen molar-refractivity contribution in [2.45, 2.75) is 12.6 Å². The number of fused-ring (bicyclic) bond motifs is 1. The molecule has 1 unspecified atom stereocenters. The lowest BCUT2D eigenvalue weighted by Crippen LogP contribution is -2.32. The van der Waals surface area contributed by atoms with Crippen molar-refractivity contribution >= 4 is 16.8 Å². The highest BCUT2D eigenvalue weighted by atomic mass is 16.5. The molecule has 0 fully saturated rings. The van der Waals surface area contributed by atoms with Crippen LogP contribution in [0.3, 0.4) is 0 Å². The number of nitrogens with zero attached hydrogens (tertiary/aromatic N) is 4. The van der Waals surface area contributed by atoms with Crippen LogP contribution in [0.25, 0.3) is 22.2 Å². The van der Waals surface area contributed by atoms with E-state index in [9.17, 15) is 4.79 Å². The van der Waals surface area contributed by atoms with Gasteiger partial charge in [0.25, 0.3) is 5.91 Å². The van der Waals surface area contributed by atoms with Crippen molar-refractivity contribution in [2.24, 2.45) is 0 Å². The predicted molar refractivity (Wildman–Crippen MR) is 116 cm³/mol. The molecular formula is C24H19N5O2. The average molecular weight is 409 g/mol. The second-order valence-electron chi connectivity index (χ2n) is 7.13. The Labute approximate surface area is 178 Å². The van der Waals surface area contributed by atoms with Gasteiger partial charge in [-0.1, -0.05) is 65.8 Å². The third-order valence-electron chi connectivity index (χ3n) is 5.09. The largest absolute Gasteiger partial charge is 0.355 e. The molecule has 1 N–H and O–H groups in total. The molecule has 2 aromatic heterocycles. The van der Waals surface area contributed by atoms with E-state index in [-0.39, 0.29) is 11.9 Å². The number of amides is 1. The molecule has 0 spiro atoms. The highest BCUT2D eigenvalue weighted by Gasteiger charge is 2.19. The molecule has 7 heteroatoms. The Bertz CT molecular complexity index is 1300. The smallest absolute Gasteiger partial charge is 0.251 e. The maximum Gasteiger partial charge on any atom is 0.251 e. The van der Waals surface area contributed by atoms with Crippen LogP contribution in [-0.4, -0.2) is 26.1 Å². The number of carbonyl (C=O) groups excluding carboxylic acids is 1. The van der Waals surface area contributed by atoms with E-state index in [1.54, 1.807) is 29.3 Å². The first kappa shape index (κ1) is 18.7. The van der Waals surface area contributed by atoms with Crippen LogP contribution in [0.2, 0.25) is 0 Å². The third-order valence-corrected chi connectivity index (χ3v) is 5.09. The molecule has 0 bridgehead atoms. The summed E-state index contributed by atoms with van der Waals surface area (Å²) >= 11 is 0. The van der Waals surface area contributed by atoms with E-state index < -0.39 is 0 Å². The summed E-state index contributed by atoms with van der Waals surface area (Å²) < 4.78 is 5.55. The summed E-state index contributed by atoms with van der Waals surface area (Å²) in [5.41, 5.74) is 3.12. The molecule has 7 nitrogen and oxygen atoms in total. The van der Waals surface area contributed by atoms with Gasteiger partial charge < -0.3 is 9.84 Å². The Morgan fingerprint density at radius 2 is 1.65 bits per heavy atom. The lowest BCUT2D eigenvalue weighted by atomic mass is 10.0. The zero-order valence-electron chi connectivity index (χ0n) is 16.6. The van der Waals surface area contributed by atoms with Crippen molar-refractivity contribution in [1.82, 2.24) is 25.5 Å². The fourth-order valence-electron chi connectivity index (χ4n) is 3.54. The number of hydrogen-bond acceptors (Lipinski definition) is 5. The fourth-order valence-corrected chi connectivity index (χ4v) is 3.54. The van der Waals surface area contributed by atoms with Crippen LogP contribution in [0, 0.1) is 0 Å². The van der Waals surface area contributed by atoms with Gasteiger partial charge in [-0.05, 0) is 23.8 Å². The van der Waals surface area contributed by atoms with Crippen molar-refractivity contribution in [3.05, 3.63) is 102 Å². The van der Waals surface area contributed by atoms with Crippen LogP contribution in [0.5, 0.6) is 0 Å². The summed E-state index contributed by atoms with van der Waals surface area (Å²) in [5.74, 6) is 0.453. The van der Waals surface area contributed by atoms with E-state index in [2.05, 4.69) is 20.7 Å². The molecule has 1 amide bonds. The van der Waals surface area contributed by atoms with Gasteiger partial charge in [-0.25, -0.2) is 0 Å². The second-order valence-corrected chi connectivity index (χ2v) is 7.13. The van der Waals surface area contributed by atoms with Crippen molar-refractivity contribution in [3.63, 3.8) is 0 Å². The first-order valence-electron chi connectivity index (χ1n) is 9.93. The van der Waals surface area contributed by atoms with Gasteiger partial charge >= 0.3 is 0 Å². The second kappa shape index (κ2) is 8.23. The van der Waals surface area contributed by atoms with E-state index in [0.29, 0.717) is 23.4 Å². The Kier molecular flexibility index (Phi) is 4.98. The van der Waals surface area contributed by atoms with Crippen LogP contribution < -0.4 is 5.32 Å². The van der Waals surface area contributed by atoms with Crippen molar-refractivity contribution in [2.75, 3.05) is 0 Å². The van der Waals surface area contributed by atoms with Gasteiger partial charge in [-0.15, -0.1) is 0 Å². The first-order chi connectivity index (χ1) is 15.3. The standard InChI is InChI=1S/C24H19N5O2/c30-24(27-22(16-29-25-13-14-26-29)17-7-3-1-4-8-17)19-11-12-21-20(15-19)23(31-28-21)18-9-5-2-6-10-18/h1-15,22H,16H2,(H,27,30). The monoisotopic (exact) mass is 409 g/mol. The number of hydrogen-bond donors (Lipinski definition) is 1. The number of carbonyl (C=O) groups is 1. The zero-order chi connectivity index (χ0) is 21.0. The number of aromatic nitrogens is 4. The van der Waals surface area contributed by atoms with Crippen LogP contribution in [0.15, 0.2) is 95.8 Å². The Morgan fingerprint density at radius 1 is 0.935 bits per heavy atom. The third kappa shape index (κ3) is 3.93. The minimum Gasteiger partial charge on any atom is -0.355 e. The zero-order valence-corrected chi connectivity index (χ0v) is 16.6. The maximum atomic E-state index is 13.2. The lowest BCUT2D eigenvalue weighted by molar-refractivity contribution is 0.0931. The SMILES string of the molecule is O=C(NC(Cn1nccn1)c1ccccc1)c1ccc2noc(-c3ccccc3)c2c1. The minimum atomic E-state index is -0.284. The van der Waals surface area contributed by atoms with Crippen LogP contribution in [-0.2, 0) is 6.54 Å². The molecule has 1 atom stereocenters. The molecule has 5 rings (SSSR count). The quantitative estimate of drug-likeness (QED) is 0.453. The van der Waals surface area contributed by atoms with E-state index in [1.165, 1.54) is 0 Å². The molecule has 152 valence electrons. The Balaban J connectivity index is 1.45. The summed E-state index contributed by atoms with van der Waals surface area (Å²) in [5, 5.41) is 16.4. The fraction of sp³-hybridized carbons (Fsp3) is 0.0833. The molecule has 0 saturated heterocycles. The summed E-state index contributed by atoms with van der Waals surface area (Å²) in [6.07, 6.45) is 3.24. The highest BCUT2D eigenvalue weighted by Crippen LogP contribution is 2.29. The molecule has 0 aliphatic heterocycles. The number of benzene rings is 3. The molecule has 31 heavy (non-hydrogen) atoms. The number of nitrogens with one attached hydrogen (secondary N) is 1. The minimum absolute atomic E-state index is 0.192. The summed E-state index contributed by atoms with van der Waals surface area (Å²) in [6.45, 7) is 0.424. The molecule has 5 aromatic rings. The van der Waals surface area contributed by atoms with Gasteiger partial charge in [0.05, 0.1) is 30.4 Å². The summed E-state index contributed by atoms with van der Waals surface area (Å²) in [4.78, 5) is 14.7. The maximum absolute atomic E-state index is 13.2. The van der Waals surface area contributed by atoms with Crippen molar-refractivity contribution in [3.8, 4) is 11.3 Å². The predicted octanol–water partition coefficient (Wildman–Crippen LogP) is 4.26. The molecular weight excluding hydrogens is 390 g/mol. The summed E-state index contributed by atoms with van der Waals surface area (Å²) in [7, 11) is 0.